The normalized spacial score (nSPS) is 30.5. The van der Waals surface area contributed by atoms with Crippen LogP contribution >= 0.6 is 11.3 Å². The van der Waals surface area contributed by atoms with Gasteiger partial charge in [0.1, 0.15) is 11.6 Å². The number of carbonyl (C=O) groups is 2. The Morgan fingerprint density at radius 1 is 1.40 bits per heavy atom. The van der Waals surface area contributed by atoms with E-state index in [1.165, 1.54) is 0 Å². The molecule has 2 unspecified atom stereocenters. The van der Waals surface area contributed by atoms with Crippen LogP contribution in [0.5, 0.6) is 0 Å². The summed E-state index contributed by atoms with van der Waals surface area (Å²) in [4.78, 5) is 40.1. The van der Waals surface area contributed by atoms with Crippen molar-refractivity contribution in [2.24, 2.45) is 5.92 Å². The fourth-order valence-corrected chi connectivity index (χ4v) is 3.32. The summed E-state index contributed by atoms with van der Waals surface area (Å²) in [5, 5.41) is 4.57. The summed E-state index contributed by atoms with van der Waals surface area (Å²) in [5.41, 5.74) is -0.118. The Kier molecular flexibility index (Phi) is 2.97. The largest absolute Gasteiger partial charge is 0.340 e. The molecule has 1 aliphatic heterocycles. The zero-order valence-corrected chi connectivity index (χ0v) is 12.3. The monoisotopic (exact) mass is 295 g/mol. The standard InChI is InChI=1S/C13H17N3O3S/c1-7-10(17)15-13(2,8-3-4-8)11(18)16(7)5-9-6-20-12(19)14-9/h6-8H,3-5H2,1-2H3,(H,14,19)(H,15,17). The van der Waals surface area contributed by atoms with Gasteiger partial charge in [0.05, 0.1) is 6.54 Å². The van der Waals surface area contributed by atoms with Crippen molar-refractivity contribution in [1.29, 1.82) is 0 Å². The first-order valence-corrected chi connectivity index (χ1v) is 7.59. The zero-order chi connectivity index (χ0) is 14.5. The van der Waals surface area contributed by atoms with Gasteiger partial charge in [0, 0.05) is 11.1 Å². The molecule has 7 heteroatoms. The molecule has 3 rings (SSSR count). The van der Waals surface area contributed by atoms with Crippen LogP contribution in [-0.2, 0) is 16.1 Å². The lowest BCUT2D eigenvalue weighted by molar-refractivity contribution is -0.155. The summed E-state index contributed by atoms with van der Waals surface area (Å²) in [5.74, 6) is 0.0474. The van der Waals surface area contributed by atoms with Crippen molar-refractivity contribution in [3.63, 3.8) is 0 Å². The molecule has 1 saturated carbocycles. The topological polar surface area (TPSA) is 82.3 Å². The van der Waals surface area contributed by atoms with E-state index in [9.17, 15) is 14.4 Å². The smallest absolute Gasteiger partial charge is 0.304 e. The number of nitrogens with zero attached hydrogens (tertiary/aromatic N) is 1. The van der Waals surface area contributed by atoms with Gasteiger partial charge in [-0.05, 0) is 32.6 Å². The number of carbonyl (C=O) groups excluding carboxylic acids is 2. The third-order valence-electron chi connectivity index (χ3n) is 4.24. The summed E-state index contributed by atoms with van der Waals surface area (Å²) in [6.45, 7) is 3.79. The lowest BCUT2D eigenvalue weighted by Gasteiger charge is -2.43. The molecular formula is C13H17N3O3S. The van der Waals surface area contributed by atoms with E-state index in [1.54, 1.807) is 24.1 Å². The van der Waals surface area contributed by atoms with Crippen molar-refractivity contribution < 1.29 is 9.59 Å². The van der Waals surface area contributed by atoms with Crippen LogP contribution in [0.2, 0.25) is 0 Å². The first-order chi connectivity index (χ1) is 9.41. The number of thiazole rings is 1. The minimum Gasteiger partial charge on any atom is -0.340 e. The van der Waals surface area contributed by atoms with Gasteiger partial charge in [0.2, 0.25) is 11.8 Å². The minimum absolute atomic E-state index is 0.0563. The lowest BCUT2D eigenvalue weighted by Crippen LogP contribution is -2.69. The lowest BCUT2D eigenvalue weighted by atomic mass is 9.89. The van der Waals surface area contributed by atoms with Gasteiger partial charge in [-0.1, -0.05) is 11.3 Å². The Bertz CT molecular complexity index is 618. The minimum atomic E-state index is -0.792. The van der Waals surface area contributed by atoms with Crippen LogP contribution in [0, 0.1) is 5.92 Å². The average Bonchev–Trinajstić information content (AvgIpc) is 3.17. The summed E-state index contributed by atoms with van der Waals surface area (Å²) >= 11 is 1.07. The number of H-pyrrole nitrogens is 1. The Morgan fingerprint density at radius 3 is 2.65 bits per heavy atom. The van der Waals surface area contributed by atoms with Gasteiger partial charge in [-0.25, -0.2) is 0 Å². The van der Waals surface area contributed by atoms with Gasteiger partial charge in [-0.15, -0.1) is 0 Å². The second-order valence-corrected chi connectivity index (χ2v) is 6.59. The molecule has 20 heavy (non-hydrogen) atoms. The number of hydrogen-bond donors (Lipinski definition) is 2. The molecule has 2 N–H and O–H groups in total. The van der Waals surface area contributed by atoms with Crippen molar-refractivity contribution >= 4 is 23.2 Å². The second-order valence-electron chi connectivity index (χ2n) is 5.75. The van der Waals surface area contributed by atoms with E-state index in [0.29, 0.717) is 5.69 Å². The van der Waals surface area contributed by atoms with E-state index in [-0.39, 0.29) is 29.1 Å². The molecular weight excluding hydrogens is 278 g/mol. The number of aromatic nitrogens is 1. The number of amides is 2. The molecule has 0 bridgehead atoms. The zero-order valence-electron chi connectivity index (χ0n) is 11.4. The van der Waals surface area contributed by atoms with E-state index in [2.05, 4.69) is 10.3 Å². The molecule has 2 amide bonds. The van der Waals surface area contributed by atoms with Crippen LogP contribution in [0.4, 0.5) is 0 Å². The molecule has 0 spiro atoms. The molecule has 0 radical (unpaired) electrons. The number of hydrogen-bond acceptors (Lipinski definition) is 4. The third kappa shape index (κ3) is 2.06. The maximum atomic E-state index is 12.7. The average molecular weight is 295 g/mol. The van der Waals surface area contributed by atoms with Crippen LogP contribution in [-0.4, -0.2) is 33.3 Å². The quantitative estimate of drug-likeness (QED) is 0.849. The van der Waals surface area contributed by atoms with E-state index in [4.69, 9.17) is 0 Å². The molecule has 1 aliphatic carbocycles. The van der Waals surface area contributed by atoms with Crippen LogP contribution < -0.4 is 10.2 Å². The molecule has 1 aromatic rings. The second kappa shape index (κ2) is 4.44. The molecule has 2 atom stereocenters. The SMILES string of the molecule is CC1C(=O)NC(C)(C2CC2)C(=O)N1Cc1csc(=O)[nH]1. The molecule has 2 heterocycles. The number of aromatic amines is 1. The highest BCUT2D eigenvalue weighted by Crippen LogP contribution is 2.42. The van der Waals surface area contributed by atoms with Gasteiger partial charge in [-0.2, -0.15) is 0 Å². The highest BCUT2D eigenvalue weighted by Gasteiger charge is 2.54. The Hall–Kier alpha value is -1.63. The van der Waals surface area contributed by atoms with Crippen LogP contribution in [0.15, 0.2) is 10.2 Å². The van der Waals surface area contributed by atoms with Crippen LogP contribution in [0.3, 0.4) is 0 Å². The summed E-state index contributed by atoms with van der Waals surface area (Å²) < 4.78 is 0. The van der Waals surface area contributed by atoms with Crippen molar-refractivity contribution in [1.82, 2.24) is 15.2 Å². The van der Waals surface area contributed by atoms with E-state index >= 15 is 0 Å². The molecule has 2 fully saturated rings. The fourth-order valence-electron chi connectivity index (χ4n) is 2.75. The van der Waals surface area contributed by atoms with E-state index in [0.717, 1.165) is 24.2 Å². The summed E-state index contributed by atoms with van der Waals surface area (Å²) in [6.07, 6.45) is 1.94. The Labute approximate surface area is 120 Å². The third-order valence-corrected chi connectivity index (χ3v) is 4.96. The molecule has 1 saturated heterocycles. The first-order valence-electron chi connectivity index (χ1n) is 6.71. The Morgan fingerprint density at radius 2 is 2.10 bits per heavy atom. The predicted molar refractivity (Wildman–Crippen MR) is 74.2 cm³/mol. The van der Waals surface area contributed by atoms with Crippen LogP contribution in [0.25, 0.3) is 0 Å². The van der Waals surface area contributed by atoms with Crippen molar-refractivity contribution in [3.05, 3.63) is 20.7 Å². The van der Waals surface area contributed by atoms with Gasteiger partial charge in [0.15, 0.2) is 0 Å². The van der Waals surface area contributed by atoms with Gasteiger partial charge >= 0.3 is 4.87 Å². The molecule has 108 valence electrons. The predicted octanol–water partition coefficient (Wildman–Crippen LogP) is 0.452. The van der Waals surface area contributed by atoms with Gasteiger partial charge < -0.3 is 15.2 Å². The summed E-state index contributed by atoms with van der Waals surface area (Å²) in [7, 11) is 0. The van der Waals surface area contributed by atoms with E-state index in [1.807, 2.05) is 0 Å². The molecule has 1 aromatic heterocycles. The number of piperazine rings is 1. The maximum absolute atomic E-state index is 12.7. The van der Waals surface area contributed by atoms with Crippen LogP contribution in [0.1, 0.15) is 32.4 Å². The Balaban J connectivity index is 1.88. The van der Waals surface area contributed by atoms with Crippen molar-refractivity contribution in [2.45, 2.75) is 44.8 Å². The highest BCUT2D eigenvalue weighted by atomic mass is 32.1. The molecule has 0 aromatic carbocycles. The number of rotatable bonds is 3. The van der Waals surface area contributed by atoms with Gasteiger partial charge in [-0.3, -0.25) is 14.4 Å². The first kappa shape index (κ1) is 13.4. The van der Waals surface area contributed by atoms with Gasteiger partial charge in [0.25, 0.3) is 0 Å². The maximum Gasteiger partial charge on any atom is 0.304 e. The number of nitrogens with one attached hydrogen (secondary N) is 2. The van der Waals surface area contributed by atoms with E-state index < -0.39 is 11.6 Å². The molecule has 2 aliphatic rings. The molecule has 6 nitrogen and oxygen atoms in total. The van der Waals surface area contributed by atoms with Crippen molar-refractivity contribution in [3.8, 4) is 0 Å². The fraction of sp³-hybridized carbons (Fsp3) is 0.615. The highest BCUT2D eigenvalue weighted by molar-refractivity contribution is 7.07. The summed E-state index contributed by atoms with van der Waals surface area (Å²) in [6, 6.07) is -0.516. The van der Waals surface area contributed by atoms with Crippen molar-refractivity contribution in [2.75, 3.05) is 0 Å².